The van der Waals surface area contributed by atoms with Gasteiger partial charge in [0.05, 0.1) is 40.6 Å². The number of nitro benzene ring substituents is 1. The van der Waals surface area contributed by atoms with Gasteiger partial charge >= 0.3 is 0 Å². The Morgan fingerprint density at radius 1 is 1.03 bits per heavy atom. The first kappa shape index (κ1) is 20.0. The van der Waals surface area contributed by atoms with Crippen molar-refractivity contribution in [3.8, 4) is 17.0 Å². The molecule has 1 aromatic heterocycles. The number of fused-ring (bicyclic) bond motifs is 1. The summed E-state index contributed by atoms with van der Waals surface area (Å²) in [7, 11) is 1.40. The van der Waals surface area contributed by atoms with Crippen molar-refractivity contribution in [2.75, 3.05) is 12.4 Å². The molecule has 0 aliphatic rings. The van der Waals surface area contributed by atoms with Crippen LogP contribution in [0.25, 0.3) is 22.2 Å². The van der Waals surface area contributed by atoms with Crippen molar-refractivity contribution in [3.05, 3.63) is 94.0 Å². The third kappa shape index (κ3) is 4.06. The minimum absolute atomic E-state index is 0.119. The molecule has 31 heavy (non-hydrogen) atoms. The zero-order valence-corrected chi connectivity index (χ0v) is 17.0. The third-order valence-corrected chi connectivity index (χ3v) is 4.92. The smallest absolute Gasteiger partial charge is 0.273 e. The van der Waals surface area contributed by atoms with E-state index in [1.165, 1.54) is 25.3 Å². The quantitative estimate of drug-likeness (QED) is 0.350. The lowest BCUT2D eigenvalue weighted by Crippen LogP contribution is -2.14. The van der Waals surface area contributed by atoms with E-state index in [1.54, 1.807) is 6.07 Å². The number of amides is 1. The average Bonchev–Trinajstić information content (AvgIpc) is 2.79. The van der Waals surface area contributed by atoms with Gasteiger partial charge in [0.1, 0.15) is 5.75 Å². The normalized spacial score (nSPS) is 10.6. The van der Waals surface area contributed by atoms with Gasteiger partial charge in [-0.15, -0.1) is 0 Å². The summed E-state index contributed by atoms with van der Waals surface area (Å²) < 4.78 is 5.24. The van der Waals surface area contributed by atoms with Gasteiger partial charge in [0.25, 0.3) is 11.6 Å². The predicted octanol–water partition coefficient (Wildman–Crippen LogP) is 5.38. The summed E-state index contributed by atoms with van der Waals surface area (Å²) in [4.78, 5) is 28.5. The van der Waals surface area contributed by atoms with E-state index in [0.717, 1.165) is 16.5 Å². The summed E-state index contributed by atoms with van der Waals surface area (Å²) in [6, 6.07) is 21.2. The van der Waals surface area contributed by atoms with E-state index >= 15 is 0 Å². The van der Waals surface area contributed by atoms with Crippen LogP contribution in [0.2, 0.25) is 0 Å². The van der Waals surface area contributed by atoms with Crippen LogP contribution in [0, 0.1) is 17.0 Å². The van der Waals surface area contributed by atoms with E-state index in [4.69, 9.17) is 9.72 Å². The first-order chi connectivity index (χ1) is 15.0. The van der Waals surface area contributed by atoms with Gasteiger partial charge in [-0.3, -0.25) is 14.9 Å². The number of anilines is 1. The van der Waals surface area contributed by atoms with E-state index in [2.05, 4.69) is 5.32 Å². The lowest BCUT2D eigenvalue weighted by molar-refractivity contribution is -0.384. The van der Waals surface area contributed by atoms with Crippen LogP contribution in [0.5, 0.6) is 5.75 Å². The SMILES string of the molecule is COc1cc([N+](=O)[O-])ccc1NC(=O)c1cc(-c2ccccc2)nc2ccc(C)cc12. The lowest BCUT2D eigenvalue weighted by atomic mass is 10.0. The molecule has 0 aliphatic heterocycles. The van der Waals surface area contributed by atoms with Crippen molar-refractivity contribution >= 4 is 28.2 Å². The molecule has 0 atom stereocenters. The average molecular weight is 413 g/mol. The molecule has 0 aliphatic carbocycles. The molecule has 1 heterocycles. The molecule has 4 rings (SSSR count). The first-order valence-corrected chi connectivity index (χ1v) is 9.57. The van der Waals surface area contributed by atoms with Gasteiger partial charge in [-0.2, -0.15) is 0 Å². The summed E-state index contributed by atoms with van der Waals surface area (Å²) in [6.45, 7) is 1.95. The van der Waals surface area contributed by atoms with Crippen LogP contribution in [0.3, 0.4) is 0 Å². The highest BCUT2D eigenvalue weighted by molar-refractivity contribution is 6.13. The topological polar surface area (TPSA) is 94.4 Å². The zero-order valence-electron chi connectivity index (χ0n) is 17.0. The Hall–Kier alpha value is -4.26. The highest BCUT2D eigenvalue weighted by Gasteiger charge is 2.18. The predicted molar refractivity (Wildman–Crippen MR) is 120 cm³/mol. The summed E-state index contributed by atoms with van der Waals surface area (Å²) in [5.41, 5.74) is 3.96. The Morgan fingerprint density at radius 3 is 2.52 bits per heavy atom. The van der Waals surface area contributed by atoms with E-state index in [0.29, 0.717) is 22.5 Å². The number of benzene rings is 3. The number of hydrogen-bond acceptors (Lipinski definition) is 5. The van der Waals surface area contributed by atoms with E-state index in [1.807, 2.05) is 55.5 Å². The van der Waals surface area contributed by atoms with Crippen molar-refractivity contribution in [2.45, 2.75) is 6.92 Å². The van der Waals surface area contributed by atoms with E-state index in [9.17, 15) is 14.9 Å². The molecule has 0 spiro atoms. The van der Waals surface area contributed by atoms with Crippen molar-refractivity contribution in [1.82, 2.24) is 4.98 Å². The monoisotopic (exact) mass is 413 g/mol. The highest BCUT2D eigenvalue weighted by atomic mass is 16.6. The first-order valence-electron chi connectivity index (χ1n) is 9.57. The molecular formula is C24H19N3O4. The molecule has 0 saturated carbocycles. The Labute approximate surface area is 178 Å². The van der Waals surface area contributed by atoms with Crippen LogP contribution in [0.15, 0.2) is 72.8 Å². The van der Waals surface area contributed by atoms with Gasteiger partial charge in [0, 0.05) is 17.0 Å². The van der Waals surface area contributed by atoms with E-state index < -0.39 is 4.92 Å². The fourth-order valence-corrected chi connectivity index (χ4v) is 3.37. The van der Waals surface area contributed by atoms with Crippen LogP contribution in [0.4, 0.5) is 11.4 Å². The number of nitrogens with one attached hydrogen (secondary N) is 1. The molecule has 3 aromatic carbocycles. The van der Waals surface area contributed by atoms with Crippen LogP contribution in [0.1, 0.15) is 15.9 Å². The summed E-state index contributed by atoms with van der Waals surface area (Å²) >= 11 is 0. The van der Waals surface area contributed by atoms with Gasteiger partial charge in [-0.05, 0) is 31.2 Å². The lowest BCUT2D eigenvalue weighted by Gasteiger charge is -2.13. The van der Waals surface area contributed by atoms with Gasteiger partial charge in [-0.25, -0.2) is 4.98 Å². The Morgan fingerprint density at radius 2 is 1.81 bits per heavy atom. The Balaban J connectivity index is 1.80. The molecule has 7 nitrogen and oxygen atoms in total. The number of ether oxygens (including phenoxy) is 1. The molecule has 0 radical (unpaired) electrons. The number of rotatable bonds is 5. The molecule has 0 bridgehead atoms. The second-order valence-electron chi connectivity index (χ2n) is 7.04. The molecule has 4 aromatic rings. The number of nitrogens with zero attached hydrogens (tertiary/aromatic N) is 2. The minimum atomic E-state index is -0.514. The van der Waals surface area contributed by atoms with Crippen molar-refractivity contribution in [1.29, 1.82) is 0 Å². The largest absolute Gasteiger partial charge is 0.494 e. The maximum absolute atomic E-state index is 13.3. The number of carbonyl (C=O) groups is 1. The standard InChI is InChI=1S/C24H19N3O4/c1-15-8-10-20-18(12-15)19(14-22(25-20)16-6-4-3-5-7-16)24(28)26-21-11-9-17(27(29)30)13-23(21)31-2/h3-14H,1-2H3,(H,26,28). The number of methoxy groups -OCH3 is 1. The molecule has 0 fully saturated rings. The third-order valence-electron chi connectivity index (χ3n) is 4.92. The molecule has 0 saturated heterocycles. The maximum atomic E-state index is 13.3. The molecular weight excluding hydrogens is 394 g/mol. The summed E-state index contributed by atoms with van der Waals surface area (Å²) in [6.07, 6.45) is 0. The second-order valence-corrected chi connectivity index (χ2v) is 7.04. The van der Waals surface area contributed by atoms with E-state index in [-0.39, 0.29) is 17.3 Å². The van der Waals surface area contributed by atoms with Gasteiger partial charge in [0.15, 0.2) is 0 Å². The van der Waals surface area contributed by atoms with Gasteiger partial charge in [-0.1, -0.05) is 42.0 Å². The zero-order chi connectivity index (χ0) is 22.0. The molecule has 1 N–H and O–H groups in total. The second kappa shape index (κ2) is 8.23. The summed E-state index contributed by atoms with van der Waals surface area (Å²) in [5, 5.41) is 14.6. The number of pyridine rings is 1. The maximum Gasteiger partial charge on any atom is 0.273 e. The van der Waals surface area contributed by atoms with Crippen LogP contribution >= 0.6 is 0 Å². The van der Waals surface area contributed by atoms with Crippen molar-refractivity contribution < 1.29 is 14.5 Å². The van der Waals surface area contributed by atoms with Crippen LogP contribution < -0.4 is 10.1 Å². The van der Waals surface area contributed by atoms with Gasteiger partial charge in [0.2, 0.25) is 0 Å². The Kier molecular flexibility index (Phi) is 5.32. The van der Waals surface area contributed by atoms with Crippen LogP contribution in [-0.2, 0) is 0 Å². The number of carbonyl (C=O) groups excluding carboxylic acids is 1. The Bertz CT molecular complexity index is 1300. The van der Waals surface area contributed by atoms with Crippen molar-refractivity contribution in [2.24, 2.45) is 0 Å². The molecule has 1 amide bonds. The number of hydrogen-bond donors (Lipinski definition) is 1. The fraction of sp³-hybridized carbons (Fsp3) is 0.0833. The molecule has 154 valence electrons. The molecule has 0 unspecified atom stereocenters. The molecule has 7 heteroatoms. The van der Waals surface area contributed by atoms with Crippen LogP contribution in [-0.4, -0.2) is 22.9 Å². The fourth-order valence-electron chi connectivity index (χ4n) is 3.37. The number of aryl methyl sites for hydroxylation is 1. The number of nitro groups is 1. The number of non-ortho nitro benzene ring substituents is 1. The highest BCUT2D eigenvalue weighted by Crippen LogP contribution is 2.31. The van der Waals surface area contributed by atoms with Gasteiger partial charge < -0.3 is 10.1 Å². The van der Waals surface area contributed by atoms with Crippen molar-refractivity contribution in [3.63, 3.8) is 0 Å². The number of aromatic nitrogens is 1. The summed E-state index contributed by atoms with van der Waals surface area (Å²) in [5.74, 6) is -0.150. The minimum Gasteiger partial charge on any atom is -0.494 e.